The number of sulfone groups is 1. The van der Waals surface area contributed by atoms with E-state index >= 15 is 0 Å². The Morgan fingerprint density at radius 1 is 1.35 bits per heavy atom. The summed E-state index contributed by atoms with van der Waals surface area (Å²) in [5, 5.41) is 10.8. The van der Waals surface area contributed by atoms with Gasteiger partial charge in [0.25, 0.3) is 5.69 Å². The van der Waals surface area contributed by atoms with Crippen LogP contribution in [-0.2, 0) is 16.4 Å². The molecule has 0 amide bonds. The van der Waals surface area contributed by atoms with Gasteiger partial charge in [0.1, 0.15) is 5.69 Å². The van der Waals surface area contributed by atoms with E-state index < -0.39 is 14.8 Å². The normalized spacial score (nSPS) is 18.6. The van der Waals surface area contributed by atoms with Gasteiger partial charge in [-0.2, -0.15) is 0 Å². The molecule has 1 aliphatic heterocycles. The molecular formula is C11H16N4O4S. The van der Waals surface area contributed by atoms with Crippen molar-refractivity contribution in [1.82, 2.24) is 4.90 Å². The number of hydrogen-bond donors (Lipinski definition) is 2. The van der Waals surface area contributed by atoms with Crippen molar-refractivity contribution in [3.63, 3.8) is 0 Å². The first-order valence-corrected chi connectivity index (χ1v) is 7.90. The van der Waals surface area contributed by atoms with Gasteiger partial charge in [-0.1, -0.05) is 6.07 Å². The largest absolute Gasteiger partial charge is 0.318 e. The molecule has 0 aliphatic carbocycles. The molecule has 1 heterocycles. The third-order valence-corrected chi connectivity index (χ3v) is 4.87. The van der Waals surface area contributed by atoms with E-state index in [4.69, 9.17) is 5.84 Å². The molecule has 9 heteroatoms. The second-order valence-electron chi connectivity index (χ2n) is 4.68. The Labute approximate surface area is 116 Å². The van der Waals surface area contributed by atoms with Crippen molar-refractivity contribution in [2.45, 2.75) is 6.54 Å². The Kier molecular flexibility index (Phi) is 4.21. The van der Waals surface area contributed by atoms with E-state index in [0.29, 0.717) is 19.6 Å². The van der Waals surface area contributed by atoms with Gasteiger partial charge in [-0.05, 0) is 11.6 Å². The topological polar surface area (TPSA) is 119 Å². The fourth-order valence-electron chi connectivity index (χ4n) is 2.12. The van der Waals surface area contributed by atoms with Crippen molar-refractivity contribution in [3.8, 4) is 0 Å². The third-order valence-electron chi connectivity index (χ3n) is 3.26. The summed E-state index contributed by atoms with van der Waals surface area (Å²) >= 11 is 0. The molecule has 0 unspecified atom stereocenters. The molecule has 3 N–H and O–H groups in total. The number of nitro benzene ring substituents is 1. The summed E-state index contributed by atoms with van der Waals surface area (Å²) in [5.74, 6) is 5.59. The minimum atomic E-state index is -2.90. The number of nitrogens with two attached hydrogens (primary N) is 1. The summed E-state index contributed by atoms with van der Waals surface area (Å²) in [6.45, 7) is 1.50. The van der Waals surface area contributed by atoms with E-state index in [0.717, 1.165) is 5.56 Å². The molecule has 1 fully saturated rings. The standard InChI is InChI=1S/C11H16N4O4S/c12-13-10-7-9(1-2-11(10)15(16)17)8-14-3-5-20(18,19)6-4-14/h1-2,7,13H,3-6,8,12H2. The Balaban J connectivity index is 2.09. The minimum Gasteiger partial charge on any atom is -0.318 e. The lowest BCUT2D eigenvalue weighted by Crippen LogP contribution is -2.39. The summed E-state index contributed by atoms with van der Waals surface area (Å²) < 4.78 is 22.7. The zero-order valence-corrected chi connectivity index (χ0v) is 11.6. The first-order valence-electron chi connectivity index (χ1n) is 6.08. The number of hydrazine groups is 1. The van der Waals surface area contributed by atoms with E-state index in [9.17, 15) is 18.5 Å². The number of anilines is 1. The Morgan fingerprint density at radius 2 is 2.00 bits per heavy atom. The highest BCUT2D eigenvalue weighted by atomic mass is 32.2. The van der Waals surface area contributed by atoms with Crippen molar-refractivity contribution < 1.29 is 13.3 Å². The fraction of sp³-hybridized carbons (Fsp3) is 0.455. The summed E-state index contributed by atoms with van der Waals surface area (Å²) in [5.41, 5.74) is 3.32. The van der Waals surface area contributed by atoms with Crippen molar-refractivity contribution in [2.24, 2.45) is 5.84 Å². The smallest absolute Gasteiger partial charge is 0.293 e. The van der Waals surface area contributed by atoms with Gasteiger partial charge >= 0.3 is 0 Å². The number of nitrogens with zero attached hydrogens (tertiary/aromatic N) is 2. The van der Waals surface area contributed by atoms with Crippen LogP contribution in [0.4, 0.5) is 11.4 Å². The van der Waals surface area contributed by atoms with Gasteiger partial charge in [0.15, 0.2) is 9.84 Å². The quantitative estimate of drug-likeness (QED) is 0.460. The van der Waals surface area contributed by atoms with E-state index in [2.05, 4.69) is 5.43 Å². The van der Waals surface area contributed by atoms with Crippen LogP contribution >= 0.6 is 0 Å². The molecule has 20 heavy (non-hydrogen) atoms. The maximum Gasteiger partial charge on any atom is 0.293 e. The molecule has 1 aliphatic rings. The number of benzene rings is 1. The van der Waals surface area contributed by atoms with Crippen molar-refractivity contribution >= 4 is 21.2 Å². The lowest BCUT2D eigenvalue weighted by molar-refractivity contribution is -0.384. The highest BCUT2D eigenvalue weighted by molar-refractivity contribution is 7.91. The van der Waals surface area contributed by atoms with Crippen LogP contribution in [0.1, 0.15) is 5.56 Å². The van der Waals surface area contributed by atoms with Crippen LogP contribution in [-0.4, -0.2) is 42.8 Å². The van der Waals surface area contributed by atoms with Crippen molar-refractivity contribution in [2.75, 3.05) is 30.0 Å². The van der Waals surface area contributed by atoms with Crippen molar-refractivity contribution in [1.29, 1.82) is 0 Å². The number of hydrogen-bond acceptors (Lipinski definition) is 7. The Bertz CT molecular complexity index is 603. The molecule has 0 spiro atoms. The second kappa shape index (κ2) is 5.73. The molecule has 110 valence electrons. The molecule has 0 atom stereocenters. The maximum absolute atomic E-state index is 11.3. The predicted molar refractivity (Wildman–Crippen MR) is 74.8 cm³/mol. The number of nitrogen functional groups attached to an aromatic ring is 1. The highest BCUT2D eigenvalue weighted by Crippen LogP contribution is 2.25. The van der Waals surface area contributed by atoms with Crippen LogP contribution in [0, 0.1) is 10.1 Å². The van der Waals surface area contributed by atoms with Crippen LogP contribution in [0.5, 0.6) is 0 Å². The van der Waals surface area contributed by atoms with Gasteiger partial charge < -0.3 is 5.43 Å². The van der Waals surface area contributed by atoms with Crippen LogP contribution in [0.25, 0.3) is 0 Å². The van der Waals surface area contributed by atoms with Gasteiger partial charge in [-0.3, -0.25) is 20.9 Å². The molecule has 0 radical (unpaired) electrons. The zero-order chi connectivity index (χ0) is 14.8. The van der Waals surface area contributed by atoms with E-state index in [1.165, 1.54) is 6.07 Å². The maximum atomic E-state index is 11.3. The average molecular weight is 300 g/mol. The average Bonchev–Trinajstić information content (AvgIpc) is 2.40. The molecule has 8 nitrogen and oxygen atoms in total. The molecule has 2 rings (SSSR count). The SMILES string of the molecule is NNc1cc(CN2CCS(=O)(=O)CC2)ccc1[N+](=O)[O-]. The molecule has 1 saturated heterocycles. The lowest BCUT2D eigenvalue weighted by Gasteiger charge is -2.26. The molecule has 0 bridgehead atoms. The highest BCUT2D eigenvalue weighted by Gasteiger charge is 2.22. The lowest BCUT2D eigenvalue weighted by atomic mass is 10.1. The van der Waals surface area contributed by atoms with Crippen LogP contribution in [0.2, 0.25) is 0 Å². The first kappa shape index (κ1) is 14.7. The predicted octanol–water partition coefficient (Wildman–Crippen LogP) is 0.111. The van der Waals surface area contributed by atoms with E-state index in [1.54, 1.807) is 12.1 Å². The first-order chi connectivity index (χ1) is 9.41. The summed E-state index contributed by atoms with van der Waals surface area (Å²) in [7, 11) is -2.90. The van der Waals surface area contributed by atoms with Crippen LogP contribution in [0.15, 0.2) is 18.2 Å². The zero-order valence-electron chi connectivity index (χ0n) is 10.8. The third kappa shape index (κ3) is 3.44. The van der Waals surface area contributed by atoms with E-state index in [1.807, 2.05) is 4.90 Å². The number of nitro groups is 1. The minimum absolute atomic E-state index is 0.0857. The summed E-state index contributed by atoms with van der Waals surface area (Å²) in [6, 6.07) is 4.66. The van der Waals surface area contributed by atoms with Gasteiger partial charge in [0.2, 0.25) is 0 Å². The number of rotatable bonds is 4. The van der Waals surface area contributed by atoms with Crippen LogP contribution < -0.4 is 11.3 Å². The van der Waals surface area contributed by atoms with Crippen molar-refractivity contribution in [3.05, 3.63) is 33.9 Å². The number of nitrogens with one attached hydrogen (secondary N) is 1. The summed E-state index contributed by atoms with van der Waals surface area (Å²) in [4.78, 5) is 12.3. The Morgan fingerprint density at radius 3 is 2.55 bits per heavy atom. The molecule has 0 saturated carbocycles. The van der Waals surface area contributed by atoms with Gasteiger partial charge in [0.05, 0.1) is 16.4 Å². The second-order valence-corrected chi connectivity index (χ2v) is 6.98. The van der Waals surface area contributed by atoms with Crippen LogP contribution in [0.3, 0.4) is 0 Å². The fourth-order valence-corrected chi connectivity index (χ4v) is 3.40. The molecule has 0 aromatic heterocycles. The monoisotopic (exact) mass is 300 g/mol. The molecule has 1 aromatic rings. The van der Waals surface area contributed by atoms with E-state index in [-0.39, 0.29) is 22.9 Å². The van der Waals surface area contributed by atoms with Gasteiger partial charge in [0, 0.05) is 25.7 Å². The van der Waals surface area contributed by atoms with Gasteiger partial charge in [-0.25, -0.2) is 8.42 Å². The summed E-state index contributed by atoms with van der Waals surface area (Å²) in [6.07, 6.45) is 0. The Hall–Kier alpha value is -1.71. The molecular weight excluding hydrogens is 284 g/mol. The molecule has 1 aromatic carbocycles. The van der Waals surface area contributed by atoms with Gasteiger partial charge in [-0.15, -0.1) is 0 Å².